The molecule has 3 amide bonds. The maximum absolute atomic E-state index is 12.8. The van der Waals surface area contributed by atoms with E-state index in [1.807, 2.05) is 0 Å². The van der Waals surface area contributed by atoms with Crippen LogP contribution in [-0.4, -0.2) is 45.0 Å². The predicted octanol–water partition coefficient (Wildman–Crippen LogP) is 1.97. The average molecular weight is 369 g/mol. The topological polar surface area (TPSA) is 114 Å². The van der Waals surface area contributed by atoms with Gasteiger partial charge >= 0.3 is 0 Å². The van der Waals surface area contributed by atoms with Crippen LogP contribution >= 0.6 is 0 Å². The highest BCUT2D eigenvalue weighted by Crippen LogP contribution is 2.32. The summed E-state index contributed by atoms with van der Waals surface area (Å²) in [7, 11) is 0. The Kier molecular flexibility index (Phi) is 3.98. The van der Waals surface area contributed by atoms with E-state index in [9.17, 15) is 24.5 Å². The molecule has 1 aliphatic heterocycles. The number of amides is 3. The minimum Gasteiger partial charge on any atom is -0.467 e. The van der Waals surface area contributed by atoms with Crippen molar-refractivity contribution in [3.05, 3.63) is 63.6 Å². The van der Waals surface area contributed by atoms with Gasteiger partial charge in [-0.25, -0.2) is 0 Å². The molecule has 1 fully saturated rings. The fraction of sp³-hybridized carbons (Fsp3) is 0.278. The van der Waals surface area contributed by atoms with Crippen LogP contribution in [0.1, 0.15) is 39.3 Å². The van der Waals surface area contributed by atoms with Crippen molar-refractivity contribution in [1.29, 1.82) is 0 Å². The third kappa shape index (κ3) is 2.97. The highest BCUT2D eigenvalue weighted by Gasteiger charge is 2.43. The highest BCUT2D eigenvalue weighted by molar-refractivity contribution is 6.24. The summed E-state index contributed by atoms with van der Waals surface area (Å²) in [5.41, 5.74) is -0.745. The van der Waals surface area contributed by atoms with Gasteiger partial charge in [-0.1, -0.05) is 6.07 Å². The second-order valence-electron chi connectivity index (χ2n) is 6.49. The third-order valence-corrected chi connectivity index (χ3v) is 4.68. The first-order valence-electron chi connectivity index (χ1n) is 8.43. The second-order valence-corrected chi connectivity index (χ2v) is 6.49. The molecule has 27 heavy (non-hydrogen) atoms. The van der Waals surface area contributed by atoms with Crippen LogP contribution in [0.3, 0.4) is 0 Å². The maximum atomic E-state index is 12.8. The predicted molar refractivity (Wildman–Crippen MR) is 90.7 cm³/mol. The summed E-state index contributed by atoms with van der Waals surface area (Å²) in [5, 5.41) is 11.2. The van der Waals surface area contributed by atoms with E-state index in [0.717, 1.165) is 17.7 Å². The number of benzene rings is 1. The van der Waals surface area contributed by atoms with Gasteiger partial charge in [0.25, 0.3) is 17.5 Å². The molecule has 0 spiro atoms. The number of furan rings is 1. The number of fused-ring (bicyclic) bond motifs is 1. The molecule has 1 saturated carbocycles. The van der Waals surface area contributed by atoms with Crippen molar-refractivity contribution in [2.75, 3.05) is 6.54 Å². The molecule has 1 aliphatic carbocycles. The molecule has 9 heteroatoms. The number of nitro groups is 1. The second kappa shape index (κ2) is 6.35. The molecule has 0 N–H and O–H groups in total. The molecule has 138 valence electrons. The van der Waals surface area contributed by atoms with Gasteiger partial charge in [0, 0.05) is 12.1 Å². The van der Waals surface area contributed by atoms with Crippen molar-refractivity contribution in [3.63, 3.8) is 0 Å². The smallest absolute Gasteiger partial charge is 0.282 e. The third-order valence-electron chi connectivity index (χ3n) is 4.68. The Bertz CT molecular complexity index is 948. The first-order chi connectivity index (χ1) is 13.0. The average Bonchev–Trinajstić information content (AvgIpc) is 3.31. The molecule has 0 radical (unpaired) electrons. The minimum atomic E-state index is -0.815. The van der Waals surface area contributed by atoms with Crippen LogP contribution in [-0.2, 0) is 11.3 Å². The summed E-state index contributed by atoms with van der Waals surface area (Å²) in [4.78, 5) is 50.7. The van der Waals surface area contributed by atoms with Gasteiger partial charge in [-0.05, 0) is 31.0 Å². The number of carbonyl (C=O) groups excluding carboxylic acids is 3. The van der Waals surface area contributed by atoms with E-state index in [-0.39, 0.29) is 23.7 Å². The van der Waals surface area contributed by atoms with Gasteiger partial charge in [0.2, 0.25) is 5.91 Å². The number of carbonyl (C=O) groups is 3. The summed E-state index contributed by atoms with van der Waals surface area (Å²) in [6.07, 6.45) is 3.20. The van der Waals surface area contributed by atoms with Gasteiger partial charge in [-0.2, -0.15) is 0 Å². The van der Waals surface area contributed by atoms with Crippen LogP contribution in [0.15, 0.2) is 41.0 Å². The molecule has 2 aromatic rings. The SMILES string of the molecule is O=C1c2cccc([N+](=O)[O-])c2C(=O)N1CC(=O)N(Cc1ccco1)C1CC1. The van der Waals surface area contributed by atoms with E-state index in [4.69, 9.17) is 4.42 Å². The molecular weight excluding hydrogens is 354 g/mol. The minimum absolute atomic E-state index is 0.0483. The van der Waals surface area contributed by atoms with Crippen molar-refractivity contribution in [1.82, 2.24) is 9.80 Å². The van der Waals surface area contributed by atoms with Crippen LogP contribution in [0, 0.1) is 10.1 Å². The molecule has 1 aromatic heterocycles. The summed E-state index contributed by atoms with van der Waals surface area (Å²) in [6.45, 7) is -0.208. The first-order valence-corrected chi connectivity index (χ1v) is 8.43. The molecule has 0 bridgehead atoms. The Balaban J connectivity index is 1.56. The fourth-order valence-electron chi connectivity index (χ4n) is 3.22. The maximum Gasteiger partial charge on any atom is 0.282 e. The van der Waals surface area contributed by atoms with E-state index in [1.54, 1.807) is 17.0 Å². The van der Waals surface area contributed by atoms with Crippen molar-refractivity contribution in [3.8, 4) is 0 Å². The van der Waals surface area contributed by atoms with Crippen LogP contribution in [0.5, 0.6) is 0 Å². The molecule has 4 rings (SSSR count). The number of imide groups is 1. The zero-order valence-corrected chi connectivity index (χ0v) is 14.2. The number of hydrogen-bond donors (Lipinski definition) is 0. The lowest BCUT2D eigenvalue weighted by Crippen LogP contribution is -2.43. The van der Waals surface area contributed by atoms with Gasteiger partial charge in [0.05, 0.1) is 23.3 Å². The van der Waals surface area contributed by atoms with Crippen molar-refractivity contribution in [2.45, 2.75) is 25.4 Å². The molecule has 0 saturated heterocycles. The van der Waals surface area contributed by atoms with Crippen LogP contribution in [0.25, 0.3) is 0 Å². The van der Waals surface area contributed by atoms with Crippen molar-refractivity contribution < 1.29 is 23.7 Å². The lowest BCUT2D eigenvalue weighted by Gasteiger charge is -2.23. The molecule has 1 aromatic carbocycles. The molecule has 0 atom stereocenters. The van der Waals surface area contributed by atoms with E-state index >= 15 is 0 Å². The van der Waals surface area contributed by atoms with Gasteiger partial charge in [0.1, 0.15) is 17.9 Å². The van der Waals surface area contributed by atoms with E-state index in [1.165, 1.54) is 24.5 Å². The molecule has 2 aliphatic rings. The molecule has 9 nitrogen and oxygen atoms in total. The van der Waals surface area contributed by atoms with Gasteiger partial charge in [-0.3, -0.25) is 29.4 Å². The van der Waals surface area contributed by atoms with E-state index in [2.05, 4.69) is 0 Å². The standard InChI is InChI=1S/C18H15N3O6/c22-15(19(11-6-7-11)9-12-3-2-8-27-12)10-20-17(23)13-4-1-5-14(21(25)26)16(13)18(20)24/h1-5,8,11H,6-7,9-10H2. The lowest BCUT2D eigenvalue weighted by atomic mass is 10.1. The Labute approximate surface area is 153 Å². The highest BCUT2D eigenvalue weighted by atomic mass is 16.6. The van der Waals surface area contributed by atoms with Gasteiger partial charge in [0.15, 0.2) is 0 Å². The van der Waals surface area contributed by atoms with Gasteiger partial charge in [-0.15, -0.1) is 0 Å². The largest absolute Gasteiger partial charge is 0.467 e. The van der Waals surface area contributed by atoms with E-state index in [0.29, 0.717) is 5.76 Å². The van der Waals surface area contributed by atoms with Crippen molar-refractivity contribution >= 4 is 23.4 Å². The van der Waals surface area contributed by atoms with Crippen molar-refractivity contribution in [2.24, 2.45) is 0 Å². The molecule has 2 heterocycles. The zero-order valence-electron chi connectivity index (χ0n) is 14.2. The number of nitrogens with zero attached hydrogens (tertiary/aromatic N) is 3. The normalized spacial score (nSPS) is 15.8. The molecular formula is C18H15N3O6. The van der Waals surface area contributed by atoms with E-state index < -0.39 is 34.9 Å². The number of hydrogen-bond acceptors (Lipinski definition) is 6. The Morgan fingerprint density at radius 3 is 2.63 bits per heavy atom. The number of nitro benzene ring substituents is 1. The Morgan fingerprint density at radius 2 is 2.00 bits per heavy atom. The summed E-state index contributed by atoms with van der Waals surface area (Å²) >= 11 is 0. The summed E-state index contributed by atoms with van der Waals surface area (Å²) in [5.74, 6) is -1.30. The van der Waals surface area contributed by atoms with Crippen LogP contribution in [0.2, 0.25) is 0 Å². The van der Waals surface area contributed by atoms with Gasteiger partial charge < -0.3 is 9.32 Å². The Morgan fingerprint density at radius 1 is 1.22 bits per heavy atom. The van der Waals surface area contributed by atoms with Crippen LogP contribution in [0.4, 0.5) is 5.69 Å². The number of rotatable bonds is 6. The lowest BCUT2D eigenvalue weighted by molar-refractivity contribution is -0.385. The summed E-state index contributed by atoms with van der Waals surface area (Å²) in [6, 6.07) is 7.38. The monoisotopic (exact) mass is 369 g/mol. The molecule has 0 unspecified atom stereocenters. The first kappa shape index (κ1) is 17.0. The quantitative estimate of drug-likeness (QED) is 0.437. The summed E-state index contributed by atoms with van der Waals surface area (Å²) < 4.78 is 5.28. The zero-order chi connectivity index (χ0) is 19.1. The van der Waals surface area contributed by atoms with Crippen LogP contribution < -0.4 is 0 Å². The fourth-order valence-corrected chi connectivity index (χ4v) is 3.22. The Hall–Kier alpha value is -3.49.